The third-order valence-corrected chi connectivity index (χ3v) is 14.7. The Balaban J connectivity index is 3.54. The van der Waals surface area contributed by atoms with Crippen molar-refractivity contribution in [3.05, 3.63) is 0 Å². The molecule has 0 saturated heterocycles. The largest absolute Gasteiger partial charge is 0.472 e. The maximum atomic E-state index is 12.6. The van der Waals surface area contributed by atoms with Crippen LogP contribution in [-0.4, -0.2) is 49.3 Å². The van der Waals surface area contributed by atoms with E-state index in [1.807, 2.05) is 0 Å². The molecule has 2 atom stereocenters. The zero-order valence-corrected chi connectivity index (χ0v) is 46.3. The molecule has 0 spiro atoms. The van der Waals surface area contributed by atoms with Gasteiger partial charge in [0.25, 0.3) is 0 Å². The highest BCUT2D eigenvalue weighted by Crippen LogP contribution is 2.43. The molecule has 10 heteroatoms. The molecular formula is C58H116NO8P. The third-order valence-electron chi connectivity index (χ3n) is 13.7. The fraction of sp³-hybridized carbons (Fsp3) is 0.966. The molecule has 0 bridgehead atoms. The van der Waals surface area contributed by atoms with Crippen LogP contribution < -0.4 is 5.73 Å². The van der Waals surface area contributed by atoms with Crippen molar-refractivity contribution in [1.82, 2.24) is 0 Å². The fourth-order valence-corrected chi connectivity index (χ4v) is 10.1. The van der Waals surface area contributed by atoms with E-state index in [2.05, 4.69) is 13.8 Å². The molecule has 406 valence electrons. The number of rotatable bonds is 58. The van der Waals surface area contributed by atoms with E-state index < -0.39 is 26.5 Å². The minimum absolute atomic E-state index is 0.0577. The highest BCUT2D eigenvalue weighted by atomic mass is 31.2. The molecule has 68 heavy (non-hydrogen) atoms. The Morgan fingerprint density at radius 1 is 0.382 bits per heavy atom. The van der Waals surface area contributed by atoms with E-state index in [9.17, 15) is 19.0 Å². The molecule has 9 nitrogen and oxygen atoms in total. The van der Waals surface area contributed by atoms with Gasteiger partial charge in [-0.25, -0.2) is 4.57 Å². The van der Waals surface area contributed by atoms with Crippen molar-refractivity contribution in [2.45, 2.75) is 335 Å². The van der Waals surface area contributed by atoms with Gasteiger partial charge >= 0.3 is 19.8 Å². The quantitative estimate of drug-likeness (QED) is 0.0347. The monoisotopic (exact) mass is 986 g/mol. The van der Waals surface area contributed by atoms with Crippen molar-refractivity contribution in [3.63, 3.8) is 0 Å². The van der Waals surface area contributed by atoms with Crippen molar-refractivity contribution < 1.29 is 37.6 Å². The molecule has 2 unspecified atom stereocenters. The molecule has 0 aromatic rings. The summed E-state index contributed by atoms with van der Waals surface area (Å²) in [5, 5.41) is 0. The maximum Gasteiger partial charge on any atom is 0.472 e. The first-order valence-corrected chi connectivity index (χ1v) is 31.5. The smallest absolute Gasteiger partial charge is 0.462 e. The van der Waals surface area contributed by atoms with E-state index in [1.54, 1.807) is 0 Å². The molecule has 3 N–H and O–H groups in total. The number of phosphoric ester groups is 1. The summed E-state index contributed by atoms with van der Waals surface area (Å²) in [6, 6.07) is 0. The zero-order chi connectivity index (χ0) is 49.5. The number of esters is 2. The lowest BCUT2D eigenvalue weighted by molar-refractivity contribution is -0.161. The van der Waals surface area contributed by atoms with Crippen LogP contribution in [0.15, 0.2) is 0 Å². The summed E-state index contributed by atoms with van der Waals surface area (Å²) in [5.41, 5.74) is 5.35. The van der Waals surface area contributed by atoms with Crippen LogP contribution in [0.2, 0.25) is 0 Å². The van der Waals surface area contributed by atoms with Gasteiger partial charge in [-0.3, -0.25) is 18.6 Å². The SMILES string of the molecule is CCCCCCCCCCCCCCCCCCCCCCCCCCCCCCCCCCCCCCCCCCCC(=O)OC(COC(=O)CCCCCCCC)COP(=O)(O)OCCN. The van der Waals surface area contributed by atoms with E-state index in [-0.39, 0.29) is 38.6 Å². The van der Waals surface area contributed by atoms with E-state index >= 15 is 0 Å². The second-order valence-corrected chi connectivity index (χ2v) is 22.0. The second kappa shape index (κ2) is 55.3. The average molecular weight is 987 g/mol. The van der Waals surface area contributed by atoms with Crippen LogP contribution in [0.5, 0.6) is 0 Å². The van der Waals surface area contributed by atoms with Gasteiger partial charge in [0.1, 0.15) is 6.61 Å². The number of unbranched alkanes of at least 4 members (excludes halogenated alkanes) is 45. The van der Waals surface area contributed by atoms with Gasteiger partial charge in [-0.15, -0.1) is 0 Å². The highest BCUT2D eigenvalue weighted by Gasteiger charge is 2.26. The molecule has 0 radical (unpaired) electrons. The van der Waals surface area contributed by atoms with Crippen molar-refractivity contribution >= 4 is 19.8 Å². The van der Waals surface area contributed by atoms with E-state index in [0.29, 0.717) is 6.42 Å². The van der Waals surface area contributed by atoms with Crippen LogP contribution in [-0.2, 0) is 32.7 Å². The predicted octanol–water partition coefficient (Wildman–Crippen LogP) is 18.7. The summed E-state index contributed by atoms with van der Waals surface area (Å²) in [7, 11) is -4.37. The van der Waals surface area contributed by atoms with Crippen molar-refractivity contribution in [1.29, 1.82) is 0 Å². The first-order valence-electron chi connectivity index (χ1n) is 30.0. The van der Waals surface area contributed by atoms with Gasteiger partial charge in [0.05, 0.1) is 13.2 Å². The zero-order valence-electron chi connectivity index (χ0n) is 45.4. The molecule has 0 rings (SSSR count). The number of phosphoric acid groups is 1. The van der Waals surface area contributed by atoms with Crippen LogP contribution >= 0.6 is 7.82 Å². The summed E-state index contributed by atoms with van der Waals surface area (Å²) in [5.74, 6) is -0.821. The fourth-order valence-electron chi connectivity index (χ4n) is 9.29. The second-order valence-electron chi connectivity index (χ2n) is 20.6. The standard InChI is InChI=1S/C58H116NO8P/c1-3-5-7-9-11-12-13-14-15-16-17-18-19-20-21-22-23-24-25-26-27-28-29-30-31-32-33-34-35-36-37-38-39-40-41-42-43-44-45-47-49-51-58(61)67-56(55-66-68(62,63)65-53-52-59)54-64-57(60)50-48-46-10-8-6-4-2/h56H,3-55,59H2,1-2H3,(H,62,63). The molecule has 0 saturated carbocycles. The maximum absolute atomic E-state index is 12.6. The number of ether oxygens (including phenoxy) is 2. The number of carbonyl (C=O) groups is 2. The van der Waals surface area contributed by atoms with Gasteiger partial charge < -0.3 is 20.1 Å². The number of hydrogen-bond acceptors (Lipinski definition) is 8. The lowest BCUT2D eigenvalue weighted by atomic mass is 10.0. The Morgan fingerprint density at radius 3 is 0.897 bits per heavy atom. The Hall–Kier alpha value is -0.990. The van der Waals surface area contributed by atoms with E-state index in [0.717, 1.165) is 38.5 Å². The average Bonchev–Trinajstić information content (AvgIpc) is 3.33. The molecule has 0 aliphatic carbocycles. The lowest BCUT2D eigenvalue weighted by Gasteiger charge is -2.19. The minimum Gasteiger partial charge on any atom is -0.462 e. The summed E-state index contributed by atoms with van der Waals surface area (Å²) in [6.45, 7) is 3.72. The van der Waals surface area contributed by atoms with Crippen molar-refractivity contribution in [2.75, 3.05) is 26.4 Å². The number of carbonyl (C=O) groups excluding carboxylic acids is 2. The summed E-state index contributed by atoms with van der Waals surface area (Å²) >= 11 is 0. The topological polar surface area (TPSA) is 134 Å². The van der Waals surface area contributed by atoms with Crippen LogP contribution in [0.3, 0.4) is 0 Å². The molecular weight excluding hydrogens is 870 g/mol. The van der Waals surface area contributed by atoms with E-state index in [4.69, 9.17) is 24.3 Å². The number of hydrogen-bond donors (Lipinski definition) is 2. The summed E-state index contributed by atoms with van der Waals surface area (Å²) in [4.78, 5) is 34.7. The van der Waals surface area contributed by atoms with Gasteiger partial charge in [0, 0.05) is 19.4 Å². The van der Waals surface area contributed by atoms with E-state index in [1.165, 1.54) is 257 Å². The normalized spacial score (nSPS) is 12.9. The van der Waals surface area contributed by atoms with Crippen LogP contribution in [0.4, 0.5) is 0 Å². The molecule has 0 amide bonds. The highest BCUT2D eigenvalue weighted by molar-refractivity contribution is 7.47. The van der Waals surface area contributed by atoms with Crippen LogP contribution in [0.1, 0.15) is 328 Å². The van der Waals surface area contributed by atoms with Crippen LogP contribution in [0.25, 0.3) is 0 Å². The predicted molar refractivity (Wildman–Crippen MR) is 289 cm³/mol. The minimum atomic E-state index is -4.37. The van der Waals surface area contributed by atoms with Gasteiger partial charge in [-0.1, -0.05) is 303 Å². The lowest BCUT2D eigenvalue weighted by Crippen LogP contribution is -2.29. The molecule has 0 heterocycles. The van der Waals surface area contributed by atoms with Gasteiger partial charge in [0.15, 0.2) is 6.10 Å². The van der Waals surface area contributed by atoms with Crippen molar-refractivity contribution in [2.24, 2.45) is 5.73 Å². The molecule has 0 aliphatic rings. The molecule has 0 aromatic heterocycles. The molecule has 0 fully saturated rings. The van der Waals surface area contributed by atoms with Crippen molar-refractivity contribution in [3.8, 4) is 0 Å². The Morgan fingerprint density at radius 2 is 0.632 bits per heavy atom. The van der Waals surface area contributed by atoms with Gasteiger partial charge in [-0.2, -0.15) is 0 Å². The Labute approximate surface area is 422 Å². The first kappa shape index (κ1) is 67.0. The molecule has 0 aromatic carbocycles. The summed E-state index contributed by atoms with van der Waals surface area (Å²) in [6.07, 6.45) is 62.7. The molecule has 0 aliphatic heterocycles. The van der Waals surface area contributed by atoms with Gasteiger partial charge in [-0.05, 0) is 12.8 Å². The number of nitrogens with two attached hydrogens (primary N) is 1. The Kier molecular flexibility index (Phi) is 54.5. The van der Waals surface area contributed by atoms with Gasteiger partial charge in [0.2, 0.25) is 0 Å². The first-order chi connectivity index (χ1) is 33.3. The third kappa shape index (κ3) is 54.3. The Bertz CT molecular complexity index is 1080. The summed E-state index contributed by atoms with van der Waals surface area (Å²) < 4.78 is 32.7. The van der Waals surface area contributed by atoms with Crippen LogP contribution in [0, 0.1) is 0 Å².